The Morgan fingerprint density at radius 3 is 2.14 bits per heavy atom. The van der Waals surface area contributed by atoms with Crippen LogP contribution in [0.1, 0.15) is 76.8 Å². The van der Waals surface area contributed by atoms with Crippen LogP contribution in [0.3, 0.4) is 0 Å². The molecule has 2 heterocycles. The quantitative estimate of drug-likeness (QED) is 0.0339. The largest absolute Gasteiger partial charge is 0.478 e. The van der Waals surface area contributed by atoms with Gasteiger partial charge in [0, 0.05) is 19.2 Å². The zero-order valence-electron chi connectivity index (χ0n) is 31.6. The molecule has 1 atom stereocenters. The predicted molar refractivity (Wildman–Crippen MR) is 211 cm³/mol. The van der Waals surface area contributed by atoms with E-state index in [0.29, 0.717) is 40.8 Å². The van der Waals surface area contributed by atoms with Crippen LogP contribution in [0.25, 0.3) is 22.4 Å². The summed E-state index contributed by atoms with van der Waals surface area (Å²) in [7, 11) is -6.43. The smallest absolute Gasteiger partial charge is 0.438 e. The molecule has 1 aliphatic rings. The van der Waals surface area contributed by atoms with Crippen LogP contribution >= 0.6 is 7.82 Å². The van der Waals surface area contributed by atoms with Crippen molar-refractivity contribution in [2.45, 2.75) is 64.4 Å². The van der Waals surface area contributed by atoms with Gasteiger partial charge < -0.3 is 14.5 Å². The number of sulfonamides is 1. The number of nitrogens with zero attached hydrogens (tertiary/aromatic N) is 1. The molecular formula is C41H46N3O10PS. The summed E-state index contributed by atoms with van der Waals surface area (Å²) in [6.45, 7) is 2.94. The monoisotopic (exact) mass is 803 g/mol. The van der Waals surface area contributed by atoms with E-state index >= 15 is 0 Å². The maximum atomic E-state index is 13.4. The molecule has 0 spiro atoms. The van der Waals surface area contributed by atoms with Crippen molar-refractivity contribution in [1.82, 2.24) is 15.0 Å². The van der Waals surface area contributed by atoms with E-state index in [1.807, 2.05) is 73.7 Å². The molecule has 13 nitrogen and oxygen atoms in total. The van der Waals surface area contributed by atoms with Gasteiger partial charge in [0.25, 0.3) is 5.91 Å². The van der Waals surface area contributed by atoms with Crippen molar-refractivity contribution in [3.63, 3.8) is 0 Å². The summed E-state index contributed by atoms with van der Waals surface area (Å²) >= 11 is 0. The molecule has 1 aliphatic carbocycles. The predicted octanol–water partition coefficient (Wildman–Crippen LogP) is 7.93. The SMILES string of the molecule is CNC(=O)c1c(-c2ccc(C)cc2)oc2nc(CS(=O)(=O)NCCC[C@H](C)C(=O)OCOP(=O)(OCc3ccccc3)OCc3ccccc3)c(C3CC3)cc12. The van der Waals surface area contributed by atoms with Crippen LogP contribution in [0.4, 0.5) is 0 Å². The molecule has 1 fully saturated rings. The Morgan fingerprint density at radius 1 is 0.929 bits per heavy atom. The van der Waals surface area contributed by atoms with Crippen LogP contribution in [0, 0.1) is 12.8 Å². The average molecular weight is 804 g/mol. The van der Waals surface area contributed by atoms with E-state index in [9.17, 15) is 22.6 Å². The van der Waals surface area contributed by atoms with Gasteiger partial charge in [0.1, 0.15) is 11.5 Å². The number of phosphoric acid groups is 1. The Balaban J connectivity index is 1.02. The highest BCUT2D eigenvalue weighted by Gasteiger charge is 2.32. The van der Waals surface area contributed by atoms with Crippen LogP contribution < -0.4 is 10.0 Å². The number of ether oxygens (including phenoxy) is 1. The highest BCUT2D eigenvalue weighted by Crippen LogP contribution is 2.51. The standard InChI is InChI=1S/C41H46N3O10PS/c1-28-16-18-33(19-17-28)38-37(39(45)42-3)35-23-34(32-20-21-32)36(44-40(35)54-38)26-56(48,49)43-22-10-11-29(2)41(46)50-27-53-55(47,51-24-30-12-6-4-7-13-30)52-25-31-14-8-5-9-15-31/h4-9,12-19,23,29,32,43H,10-11,20-22,24-27H2,1-3H3,(H,42,45)/t29-/m0/s1. The highest BCUT2D eigenvalue weighted by molar-refractivity contribution is 7.88. The summed E-state index contributed by atoms with van der Waals surface area (Å²) < 4.78 is 70.6. The molecule has 0 saturated heterocycles. The van der Waals surface area contributed by atoms with Gasteiger partial charge in [-0.2, -0.15) is 0 Å². The van der Waals surface area contributed by atoms with E-state index in [2.05, 4.69) is 15.0 Å². The molecule has 56 heavy (non-hydrogen) atoms. The number of benzene rings is 3. The first-order valence-corrected chi connectivity index (χ1v) is 21.6. The Bertz CT molecular complexity index is 2230. The Kier molecular flexibility index (Phi) is 13.5. The van der Waals surface area contributed by atoms with Gasteiger partial charge in [0.15, 0.2) is 0 Å². The van der Waals surface area contributed by atoms with Gasteiger partial charge in [0.2, 0.25) is 22.5 Å². The summed E-state index contributed by atoms with van der Waals surface area (Å²) in [5.41, 5.74) is 4.96. The number of rotatable bonds is 20. The van der Waals surface area contributed by atoms with E-state index in [1.54, 1.807) is 38.2 Å². The van der Waals surface area contributed by atoms with Gasteiger partial charge in [-0.1, -0.05) is 97.4 Å². The number of esters is 1. The number of carbonyl (C=O) groups is 2. The number of furan rings is 1. The van der Waals surface area contributed by atoms with Gasteiger partial charge >= 0.3 is 13.8 Å². The molecule has 0 unspecified atom stereocenters. The zero-order valence-corrected chi connectivity index (χ0v) is 33.3. The number of amides is 1. The van der Waals surface area contributed by atoms with Crippen molar-refractivity contribution in [2.75, 3.05) is 20.4 Å². The van der Waals surface area contributed by atoms with Crippen molar-refractivity contribution >= 4 is 40.8 Å². The molecule has 3 aromatic carbocycles. The minimum absolute atomic E-state index is 0.0455. The summed E-state index contributed by atoms with van der Waals surface area (Å²) in [5.74, 6) is -1.42. The van der Waals surface area contributed by atoms with E-state index < -0.39 is 36.5 Å². The second-order valence-corrected chi connectivity index (χ2v) is 17.3. The lowest BCUT2D eigenvalue weighted by Gasteiger charge is -2.19. The van der Waals surface area contributed by atoms with Crippen LogP contribution in [-0.4, -0.2) is 45.7 Å². The van der Waals surface area contributed by atoms with Crippen LogP contribution in [-0.2, 0) is 56.7 Å². The molecular weight excluding hydrogens is 758 g/mol. The molecule has 5 aromatic rings. The van der Waals surface area contributed by atoms with Crippen LogP contribution in [0.5, 0.6) is 0 Å². The molecule has 2 aromatic heterocycles. The Labute approximate surface area is 326 Å². The fourth-order valence-corrected chi connectivity index (χ4v) is 8.21. The minimum atomic E-state index is -4.14. The summed E-state index contributed by atoms with van der Waals surface area (Å²) in [6.07, 6.45) is 2.43. The normalized spacial score (nSPS) is 13.8. The third-order valence-corrected chi connectivity index (χ3v) is 11.9. The van der Waals surface area contributed by atoms with Gasteiger partial charge in [-0.05, 0) is 61.3 Å². The van der Waals surface area contributed by atoms with Crippen molar-refractivity contribution in [3.05, 3.63) is 125 Å². The van der Waals surface area contributed by atoms with Crippen LogP contribution in [0.2, 0.25) is 0 Å². The first-order valence-electron chi connectivity index (χ1n) is 18.4. The summed E-state index contributed by atoms with van der Waals surface area (Å²) in [4.78, 5) is 30.5. The molecule has 1 amide bonds. The number of hydrogen-bond acceptors (Lipinski definition) is 11. The molecule has 0 radical (unpaired) electrons. The topological polar surface area (TPSA) is 172 Å². The molecule has 15 heteroatoms. The van der Waals surface area contributed by atoms with E-state index in [1.165, 1.54) is 0 Å². The second kappa shape index (κ2) is 18.5. The fraction of sp³-hybridized carbons (Fsp3) is 0.341. The molecule has 1 saturated carbocycles. The number of aryl methyl sites for hydroxylation is 1. The lowest BCUT2D eigenvalue weighted by atomic mass is 10.0. The van der Waals surface area contributed by atoms with Crippen molar-refractivity contribution in [1.29, 1.82) is 0 Å². The average Bonchev–Trinajstić information content (AvgIpc) is 3.98. The first kappa shape index (κ1) is 41.0. The van der Waals surface area contributed by atoms with E-state index in [4.69, 9.17) is 22.7 Å². The third kappa shape index (κ3) is 11.0. The van der Waals surface area contributed by atoms with E-state index in [0.717, 1.165) is 35.1 Å². The molecule has 6 rings (SSSR count). The highest BCUT2D eigenvalue weighted by atomic mass is 32.2. The number of fused-ring (bicyclic) bond motifs is 1. The number of carbonyl (C=O) groups excluding carboxylic acids is 2. The first-order chi connectivity index (χ1) is 26.9. The number of phosphoric ester groups is 1. The Morgan fingerprint density at radius 2 is 1.55 bits per heavy atom. The van der Waals surface area contributed by atoms with Gasteiger partial charge in [-0.15, -0.1) is 0 Å². The number of nitrogens with one attached hydrogen (secondary N) is 2. The number of hydrogen-bond donors (Lipinski definition) is 2. The zero-order chi connectivity index (χ0) is 39.7. The number of aromatic nitrogens is 1. The summed E-state index contributed by atoms with van der Waals surface area (Å²) in [6, 6.07) is 27.6. The maximum absolute atomic E-state index is 13.4. The number of pyridine rings is 1. The minimum Gasteiger partial charge on any atom is -0.438 e. The lowest BCUT2D eigenvalue weighted by Crippen LogP contribution is -2.27. The summed E-state index contributed by atoms with van der Waals surface area (Å²) in [5, 5.41) is 3.22. The Hall–Kier alpha value is -4.69. The maximum Gasteiger partial charge on any atom is 0.478 e. The van der Waals surface area contributed by atoms with Gasteiger partial charge in [-0.25, -0.2) is 27.2 Å². The second-order valence-electron chi connectivity index (χ2n) is 13.8. The van der Waals surface area contributed by atoms with Gasteiger partial charge in [0.05, 0.1) is 35.8 Å². The van der Waals surface area contributed by atoms with Crippen molar-refractivity contribution in [2.24, 2.45) is 5.92 Å². The molecule has 0 bridgehead atoms. The lowest BCUT2D eigenvalue weighted by molar-refractivity contribution is -0.156. The molecule has 0 aliphatic heterocycles. The van der Waals surface area contributed by atoms with E-state index in [-0.39, 0.29) is 43.0 Å². The molecule has 2 N–H and O–H groups in total. The van der Waals surface area contributed by atoms with Crippen molar-refractivity contribution in [3.8, 4) is 11.3 Å². The third-order valence-electron chi connectivity index (χ3n) is 9.32. The fourth-order valence-electron chi connectivity index (χ4n) is 6.04. The van der Waals surface area contributed by atoms with Crippen molar-refractivity contribution < 1.29 is 45.3 Å². The molecule has 296 valence electrons. The van der Waals surface area contributed by atoms with Gasteiger partial charge in [-0.3, -0.25) is 18.6 Å². The van der Waals surface area contributed by atoms with Crippen LogP contribution in [0.15, 0.2) is 95.4 Å².